The Hall–Kier alpha value is -2.10. The first-order valence-electron chi connectivity index (χ1n) is 5.22. The first-order valence-corrected chi connectivity index (χ1v) is 5.22. The molecule has 0 aromatic heterocycles. The van der Waals surface area contributed by atoms with Crippen LogP contribution < -0.4 is 0 Å². The lowest BCUT2D eigenvalue weighted by Gasteiger charge is -2.06. The minimum absolute atomic E-state index is 0.121. The Kier molecular flexibility index (Phi) is 4.94. The van der Waals surface area contributed by atoms with E-state index in [9.17, 15) is 9.59 Å². The summed E-state index contributed by atoms with van der Waals surface area (Å²) in [6.07, 6.45) is 0. The van der Waals surface area contributed by atoms with Crippen molar-refractivity contribution in [1.82, 2.24) is 0 Å². The number of rotatable bonds is 5. The molecule has 0 radical (unpaired) electrons. The minimum Gasteiger partial charge on any atom is -0.463 e. The van der Waals surface area contributed by atoms with Crippen LogP contribution in [0.25, 0.3) is 0 Å². The molecule has 0 N–H and O–H groups in total. The number of carbonyl (C=O) groups is 2. The van der Waals surface area contributed by atoms with Crippen LogP contribution in [0, 0.1) is 0 Å². The van der Waals surface area contributed by atoms with E-state index in [1.165, 1.54) is 0 Å². The van der Waals surface area contributed by atoms with Gasteiger partial charge in [-0.15, -0.1) is 0 Å². The van der Waals surface area contributed by atoms with Gasteiger partial charge in [0.15, 0.2) is 0 Å². The molecule has 0 spiro atoms. The third-order valence-corrected chi connectivity index (χ3v) is 1.95. The maximum Gasteiger partial charge on any atom is 0.338 e. The number of esters is 2. The highest BCUT2D eigenvalue weighted by molar-refractivity contribution is 5.91. The fourth-order valence-electron chi connectivity index (χ4n) is 1.10. The molecule has 0 saturated heterocycles. The van der Waals surface area contributed by atoms with Gasteiger partial charge >= 0.3 is 11.9 Å². The maximum atomic E-state index is 11.5. The van der Waals surface area contributed by atoms with E-state index < -0.39 is 11.9 Å². The summed E-state index contributed by atoms with van der Waals surface area (Å²) in [7, 11) is 0. The van der Waals surface area contributed by atoms with Crippen LogP contribution >= 0.6 is 0 Å². The molecule has 1 rings (SSSR count). The SMILES string of the molecule is C=C(COC(=O)c1ccccc1)C(=O)OCC. The summed E-state index contributed by atoms with van der Waals surface area (Å²) < 4.78 is 9.63. The van der Waals surface area contributed by atoms with Crippen LogP contribution in [0.3, 0.4) is 0 Å². The van der Waals surface area contributed by atoms with Gasteiger partial charge in [-0.2, -0.15) is 0 Å². The lowest BCUT2D eigenvalue weighted by Crippen LogP contribution is -2.14. The van der Waals surface area contributed by atoms with Gasteiger partial charge in [0.1, 0.15) is 6.61 Å². The van der Waals surface area contributed by atoms with E-state index in [2.05, 4.69) is 6.58 Å². The Morgan fingerprint density at radius 3 is 2.41 bits per heavy atom. The van der Waals surface area contributed by atoms with E-state index in [4.69, 9.17) is 9.47 Å². The van der Waals surface area contributed by atoms with Crippen molar-refractivity contribution in [1.29, 1.82) is 0 Å². The number of carbonyl (C=O) groups excluding carboxylic acids is 2. The summed E-state index contributed by atoms with van der Waals surface area (Å²) in [6, 6.07) is 8.53. The second-order valence-corrected chi connectivity index (χ2v) is 3.27. The Morgan fingerprint density at radius 2 is 1.82 bits per heavy atom. The van der Waals surface area contributed by atoms with Crippen LogP contribution in [-0.2, 0) is 14.3 Å². The molecule has 4 nitrogen and oxygen atoms in total. The molecule has 0 bridgehead atoms. The molecule has 0 atom stereocenters. The van der Waals surface area contributed by atoms with Gasteiger partial charge in [-0.05, 0) is 19.1 Å². The zero-order valence-corrected chi connectivity index (χ0v) is 9.64. The van der Waals surface area contributed by atoms with Crippen LogP contribution in [0.1, 0.15) is 17.3 Å². The molecule has 1 aromatic carbocycles. The molecule has 0 saturated carbocycles. The molecule has 0 heterocycles. The Labute approximate surface area is 99.8 Å². The highest BCUT2D eigenvalue weighted by atomic mass is 16.5. The van der Waals surface area contributed by atoms with Gasteiger partial charge in [-0.3, -0.25) is 0 Å². The molecular weight excluding hydrogens is 220 g/mol. The number of ether oxygens (including phenoxy) is 2. The minimum atomic E-state index is -0.548. The molecule has 0 fully saturated rings. The highest BCUT2D eigenvalue weighted by Gasteiger charge is 2.11. The normalized spacial score (nSPS) is 9.47. The molecule has 0 unspecified atom stereocenters. The molecule has 1 aromatic rings. The smallest absolute Gasteiger partial charge is 0.338 e. The van der Waals surface area contributed by atoms with Crippen molar-refractivity contribution in [2.45, 2.75) is 6.92 Å². The van der Waals surface area contributed by atoms with Crippen molar-refractivity contribution in [2.75, 3.05) is 13.2 Å². The van der Waals surface area contributed by atoms with E-state index in [1.807, 2.05) is 0 Å². The second kappa shape index (κ2) is 6.48. The first-order chi connectivity index (χ1) is 8.15. The predicted molar refractivity (Wildman–Crippen MR) is 62.5 cm³/mol. The van der Waals surface area contributed by atoms with E-state index in [0.29, 0.717) is 5.56 Å². The largest absolute Gasteiger partial charge is 0.463 e. The second-order valence-electron chi connectivity index (χ2n) is 3.27. The van der Waals surface area contributed by atoms with Gasteiger partial charge in [0.25, 0.3) is 0 Å². The van der Waals surface area contributed by atoms with E-state index in [1.54, 1.807) is 37.3 Å². The summed E-state index contributed by atoms with van der Waals surface area (Å²) in [6.45, 7) is 5.29. The molecule has 90 valence electrons. The van der Waals surface area contributed by atoms with Gasteiger partial charge in [-0.1, -0.05) is 24.8 Å². The maximum absolute atomic E-state index is 11.5. The molecule has 0 aliphatic rings. The fourth-order valence-corrected chi connectivity index (χ4v) is 1.10. The Balaban J connectivity index is 2.44. The van der Waals surface area contributed by atoms with Crippen molar-refractivity contribution < 1.29 is 19.1 Å². The third-order valence-electron chi connectivity index (χ3n) is 1.95. The number of benzene rings is 1. The van der Waals surface area contributed by atoms with Gasteiger partial charge in [-0.25, -0.2) is 9.59 Å². The lowest BCUT2D eigenvalue weighted by atomic mass is 10.2. The molecule has 17 heavy (non-hydrogen) atoms. The van der Waals surface area contributed by atoms with Gasteiger partial charge in [0.2, 0.25) is 0 Å². The topological polar surface area (TPSA) is 52.6 Å². The Morgan fingerprint density at radius 1 is 1.18 bits per heavy atom. The molecular formula is C13H14O4. The van der Waals surface area contributed by atoms with Crippen molar-refractivity contribution >= 4 is 11.9 Å². The average molecular weight is 234 g/mol. The van der Waals surface area contributed by atoms with E-state index in [-0.39, 0.29) is 18.8 Å². The monoisotopic (exact) mass is 234 g/mol. The number of hydrogen-bond donors (Lipinski definition) is 0. The highest BCUT2D eigenvalue weighted by Crippen LogP contribution is 2.03. The third kappa shape index (κ3) is 4.10. The first kappa shape index (κ1) is 13.0. The van der Waals surface area contributed by atoms with Crippen LogP contribution in [-0.4, -0.2) is 25.2 Å². The van der Waals surface area contributed by atoms with Crippen LogP contribution in [0.5, 0.6) is 0 Å². The summed E-state index contributed by atoms with van der Waals surface area (Å²) in [4.78, 5) is 22.7. The van der Waals surface area contributed by atoms with Crippen molar-refractivity contribution in [3.63, 3.8) is 0 Å². The summed E-state index contributed by atoms with van der Waals surface area (Å²) >= 11 is 0. The van der Waals surface area contributed by atoms with Gasteiger partial charge in [0.05, 0.1) is 17.7 Å². The summed E-state index contributed by atoms with van der Waals surface area (Å²) in [5, 5.41) is 0. The van der Waals surface area contributed by atoms with Gasteiger partial charge in [0, 0.05) is 0 Å². The van der Waals surface area contributed by atoms with E-state index >= 15 is 0 Å². The Bertz CT molecular complexity index is 409. The van der Waals surface area contributed by atoms with Crippen molar-refractivity contribution in [3.05, 3.63) is 48.0 Å². The van der Waals surface area contributed by atoms with Crippen molar-refractivity contribution in [3.8, 4) is 0 Å². The van der Waals surface area contributed by atoms with Crippen molar-refractivity contribution in [2.24, 2.45) is 0 Å². The zero-order valence-electron chi connectivity index (χ0n) is 9.64. The molecule has 0 aliphatic carbocycles. The standard InChI is InChI=1S/C13H14O4/c1-3-16-12(14)10(2)9-17-13(15)11-7-5-4-6-8-11/h4-8H,2-3,9H2,1H3. The van der Waals surface area contributed by atoms with Gasteiger partial charge < -0.3 is 9.47 Å². The quantitative estimate of drug-likeness (QED) is 0.577. The number of hydrogen-bond acceptors (Lipinski definition) is 4. The summed E-state index contributed by atoms with van der Waals surface area (Å²) in [5.74, 6) is -1.04. The molecule has 0 aliphatic heterocycles. The van der Waals surface area contributed by atoms with Crippen LogP contribution in [0.15, 0.2) is 42.5 Å². The average Bonchev–Trinajstić information content (AvgIpc) is 2.36. The fraction of sp³-hybridized carbons (Fsp3) is 0.231. The van der Waals surface area contributed by atoms with Crippen LogP contribution in [0.4, 0.5) is 0 Å². The van der Waals surface area contributed by atoms with Crippen LogP contribution in [0.2, 0.25) is 0 Å². The molecule has 0 amide bonds. The molecule has 4 heteroatoms. The predicted octanol–water partition coefficient (Wildman–Crippen LogP) is 1.96. The van der Waals surface area contributed by atoms with E-state index in [0.717, 1.165) is 0 Å². The lowest BCUT2D eigenvalue weighted by molar-refractivity contribution is -0.138. The zero-order chi connectivity index (χ0) is 12.7. The summed E-state index contributed by atoms with van der Waals surface area (Å²) in [5.41, 5.74) is 0.556.